The summed E-state index contributed by atoms with van der Waals surface area (Å²) in [4.78, 5) is 22.6. The zero-order valence-corrected chi connectivity index (χ0v) is 10.2. The van der Waals surface area contributed by atoms with Gasteiger partial charge in [-0.2, -0.15) is 0 Å². The molecule has 0 heterocycles. The number of hydrogen-bond donors (Lipinski definition) is 3. The molecule has 0 spiro atoms. The van der Waals surface area contributed by atoms with Crippen molar-refractivity contribution in [1.29, 1.82) is 0 Å². The van der Waals surface area contributed by atoms with E-state index in [1.54, 1.807) is 30.4 Å². The van der Waals surface area contributed by atoms with Gasteiger partial charge >= 0.3 is 5.97 Å². The molecule has 5 nitrogen and oxygen atoms in total. The number of carboxylic acid groups (broad SMARTS) is 1. The average Bonchev–Trinajstić information content (AvgIpc) is 2.80. The number of carbonyl (C=O) groups excluding carboxylic acids is 1. The van der Waals surface area contributed by atoms with E-state index in [0.29, 0.717) is 12.0 Å². The van der Waals surface area contributed by atoms with Crippen molar-refractivity contribution in [2.45, 2.75) is 18.9 Å². The van der Waals surface area contributed by atoms with E-state index in [2.05, 4.69) is 5.32 Å². The molecular weight excluding hydrogens is 246 g/mol. The van der Waals surface area contributed by atoms with E-state index in [1.165, 1.54) is 6.07 Å². The second kappa shape index (κ2) is 5.56. The molecule has 100 valence electrons. The van der Waals surface area contributed by atoms with Gasteiger partial charge in [-0.3, -0.25) is 9.59 Å². The highest BCUT2D eigenvalue weighted by Crippen LogP contribution is 2.19. The Labute approximate surface area is 110 Å². The molecule has 2 atom stereocenters. The first kappa shape index (κ1) is 13.1. The Balaban J connectivity index is 1.88. The van der Waals surface area contributed by atoms with Gasteiger partial charge in [-0.15, -0.1) is 0 Å². The Hall–Kier alpha value is -2.30. The second-order valence-corrected chi connectivity index (χ2v) is 4.54. The lowest BCUT2D eigenvalue weighted by atomic mass is 10.1. The molecular formula is C14H15NO4. The minimum Gasteiger partial charge on any atom is -0.508 e. The highest BCUT2D eigenvalue weighted by molar-refractivity contribution is 5.80. The maximum absolute atomic E-state index is 11.8. The third-order valence-corrected chi connectivity index (χ3v) is 3.09. The lowest BCUT2D eigenvalue weighted by molar-refractivity contribution is -0.140. The Morgan fingerprint density at radius 1 is 1.26 bits per heavy atom. The van der Waals surface area contributed by atoms with Crippen molar-refractivity contribution < 1.29 is 19.8 Å². The summed E-state index contributed by atoms with van der Waals surface area (Å²) in [7, 11) is 0. The molecule has 0 saturated heterocycles. The summed E-state index contributed by atoms with van der Waals surface area (Å²) in [5.74, 6) is -1.56. The van der Waals surface area contributed by atoms with Crippen LogP contribution in [-0.4, -0.2) is 28.1 Å². The Morgan fingerprint density at radius 3 is 2.63 bits per heavy atom. The van der Waals surface area contributed by atoms with Crippen LogP contribution in [0.4, 0.5) is 0 Å². The number of aromatic hydroxyl groups is 1. The number of carboxylic acids is 1. The van der Waals surface area contributed by atoms with Gasteiger partial charge in [0.05, 0.1) is 12.3 Å². The fourth-order valence-corrected chi connectivity index (χ4v) is 2.08. The fraction of sp³-hybridized carbons (Fsp3) is 0.286. The van der Waals surface area contributed by atoms with Crippen LogP contribution in [0.25, 0.3) is 0 Å². The Bertz CT molecular complexity index is 524. The number of phenols is 1. The number of rotatable bonds is 4. The van der Waals surface area contributed by atoms with E-state index >= 15 is 0 Å². The quantitative estimate of drug-likeness (QED) is 0.708. The number of benzene rings is 1. The monoisotopic (exact) mass is 261 g/mol. The van der Waals surface area contributed by atoms with Gasteiger partial charge in [0.2, 0.25) is 5.91 Å². The van der Waals surface area contributed by atoms with E-state index in [0.717, 1.165) is 0 Å². The van der Waals surface area contributed by atoms with E-state index in [-0.39, 0.29) is 24.1 Å². The van der Waals surface area contributed by atoms with Crippen LogP contribution < -0.4 is 5.32 Å². The van der Waals surface area contributed by atoms with Crippen molar-refractivity contribution in [2.24, 2.45) is 5.92 Å². The maximum atomic E-state index is 11.8. The average molecular weight is 261 g/mol. The van der Waals surface area contributed by atoms with Crippen LogP contribution in [0.15, 0.2) is 36.4 Å². The molecule has 0 aliphatic heterocycles. The third-order valence-electron chi connectivity index (χ3n) is 3.09. The number of para-hydroxylation sites is 1. The zero-order chi connectivity index (χ0) is 13.8. The van der Waals surface area contributed by atoms with Crippen LogP contribution in [0, 0.1) is 5.92 Å². The van der Waals surface area contributed by atoms with Crippen LogP contribution >= 0.6 is 0 Å². The van der Waals surface area contributed by atoms with Gasteiger partial charge in [0, 0.05) is 11.6 Å². The first-order valence-electron chi connectivity index (χ1n) is 6.03. The molecule has 1 amide bonds. The topological polar surface area (TPSA) is 86.6 Å². The van der Waals surface area contributed by atoms with Crippen molar-refractivity contribution in [3.63, 3.8) is 0 Å². The number of amides is 1. The number of phenolic OH excluding ortho intramolecular Hbond substituents is 1. The summed E-state index contributed by atoms with van der Waals surface area (Å²) in [6.45, 7) is 0. The van der Waals surface area contributed by atoms with Crippen molar-refractivity contribution in [2.75, 3.05) is 0 Å². The molecule has 1 aliphatic carbocycles. The second-order valence-electron chi connectivity index (χ2n) is 4.54. The smallest absolute Gasteiger partial charge is 0.310 e. The number of hydrogen-bond acceptors (Lipinski definition) is 3. The molecule has 5 heteroatoms. The van der Waals surface area contributed by atoms with Crippen molar-refractivity contribution in [3.05, 3.63) is 42.0 Å². The molecule has 2 rings (SSSR count). The highest BCUT2D eigenvalue weighted by atomic mass is 16.4. The lowest BCUT2D eigenvalue weighted by Crippen LogP contribution is -2.34. The number of aliphatic carboxylic acids is 1. The zero-order valence-electron chi connectivity index (χ0n) is 10.2. The molecule has 0 fully saturated rings. The Kier molecular flexibility index (Phi) is 3.85. The van der Waals surface area contributed by atoms with Crippen LogP contribution in [0.2, 0.25) is 0 Å². The molecule has 1 aliphatic rings. The third kappa shape index (κ3) is 3.34. The van der Waals surface area contributed by atoms with Gasteiger partial charge in [-0.25, -0.2) is 0 Å². The summed E-state index contributed by atoms with van der Waals surface area (Å²) in [5, 5.41) is 21.1. The molecule has 2 unspecified atom stereocenters. The van der Waals surface area contributed by atoms with Crippen LogP contribution in [0.5, 0.6) is 5.75 Å². The lowest BCUT2D eigenvalue weighted by Gasteiger charge is -2.12. The fourth-order valence-electron chi connectivity index (χ4n) is 2.08. The van der Waals surface area contributed by atoms with Gasteiger partial charge in [0.1, 0.15) is 5.75 Å². The minimum absolute atomic E-state index is 0.0781. The van der Waals surface area contributed by atoms with Crippen molar-refractivity contribution >= 4 is 11.9 Å². The van der Waals surface area contributed by atoms with Crippen LogP contribution in [0.3, 0.4) is 0 Å². The predicted molar refractivity (Wildman–Crippen MR) is 68.6 cm³/mol. The predicted octanol–water partition coefficient (Wildman–Crippen LogP) is 1.08. The standard InChI is InChI=1S/C14H15NO4/c16-12-4-2-1-3-9(12)8-13(17)15-11-6-5-10(7-11)14(18)19/h1-6,10-11,16H,7-8H2,(H,15,17)(H,18,19). The van der Waals surface area contributed by atoms with E-state index in [4.69, 9.17) is 5.11 Å². The molecule has 0 radical (unpaired) electrons. The van der Waals surface area contributed by atoms with Crippen LogP contribution in [-0.2, 0) is 16.0 Å². The van der Waals surface area contributed by atoms with Gasteiger partial charge < -0.3 is 15.5 Å². The first-order chi connectivity index (χ1) is 9.06. The molecule has 3 N–H and O–H groups in total. The summed E-state index contributed by atoms with van der Waals surface area (Å²) >= 11 is 0. The van der Waals surface area contributed by atoms with E-state index in [9.17, 15) is 14.7 Å². The normalized spacial score (nSPS) is 21.3. The molecule has 0 bridgehead atoms. The summed E-state index contributed by atoms with van der Waals surface area (Å²) in [6, 6.07) is 6.39. The largest absolute Gasteiger partial charge is 0.508 e. The number of carbonyl (C=O) groups is 2. The van der Waals surface area contributed by atoms with Gasteiger partial charge in [-0.1, -0.05) is 30.4 Å². The highest BCUT2D eigenvalue weighted by Gasteiger charge is 2.25. The van der Waals surface area contributed by atoms with Crippen molar-refractivity contribution in [1.82, 2.24) is 5.32 Å². The molecule has 1 aromatic carbocycles. The first-order valence-corrected chi connectivity index (χ1v) is 6.03. The van der Waals surface area contributed by atoms with Crippen molar-refractivity contribution in [3.8, 4) is 5.75 Å². The molecule has 19 heavy (non-hydrogen) atoms. The van der Waals surface area contributed by atoms with Gasteiger partial charge in [0.25, 0.3) is 0 Å². The summed E-state index contributed by atoms with van der Waals surface area (Å²) < 4.78 is 0. The SMILES string of the molecule is O=C(Cc1ccccc1O)NC1C=CC(C(=O)O)C1. The Morgan fingerprint density at radius 2 is 2.00 bits per heavy atom. The van der Waals surface area contributed by atoms with Gasteiger partial charge in [0.15, 0.2) is 0 Å². The number of nitrogens with one attached hydrogen (secondary N) is 1. The molecule has 0 aromatic heterocycles. The molecule has 0 saturated carbocycles. The summed E-state index contributed by atoms with van der Waals surface area (Å²) in [5.41, 5.74) is 0.553. The van der Waals surface area contributed by atoms with Crippen LogP contribution in [0.1, 0.15) is 12.0 Å². The van der Waals surface area contributed by atoms with Gasteiger partial charge in [-0.05, 0) is 12.5 Å². The maximum Gasteiger partial charge on any atom is 0.310 e. The van der Waals surface area contributed by atoms with E-state index in [1.807, 2.05) is 0 Å². The minimum atomic E-state index is -0.881. The van der Waals surface area contributed by atoms with E-state index < -0.39 is 11.9 Å². The molecule has 1 aromatic rings. The summed E-state index contributed by atoms with van der Waals surface area (Å²) in [6.07, 6.45) is 3.74.